The Bertz CT molecular complexity index is 831. The van der Waals surface area contributed by atoms with E-state index in [1.807, 2.05) is 39.0 Å². The molecule has 0 spiro atoms. The van der Waals surface area contributed by atoms with E-state index in [2.05, 4.69) is 65.1 Å². The number of ether oxygens (including phenoxy) is 1. The molecule has 5 heteroatoms. The smallest absolute Gasteiger partial charge is 0.412 e. The number of anilines is 1. The van der Waals surface area contributed by atoms with Crippen LogP contribution in [0, 0.1) is 0 Å². The molecule has 0 bridgehead atoms. The molecule has 0 atom stereocenters. The molecule has 29 heavy (non-hydrogen) atoms. The van der Waals surface area contributed by atoms with E-state index in [1.54, 1.807) is 0 Å². The van der Waals surface area contributed by atoms with Gasteiger partial charge >= 0.3 is 6.09 Å². The summed E-state index contributed by atoms with van der Waals surface area (Å²) in [6.45, 7) is 19.3. The number of carbonyl (C=O) groups is 1. The average Bonchev–Trinajstić information content (AvgIpc) is 2.57. The minimum Gasteiger partial charge on any atom is -0.543 e. The Balaban J connectivity index is 2.44. The number of amides is 1. The summed E-state index contributed by atoms with van der Waals surface area (Å²) in [7, 11) is -2.05. The molecule has 2 rings (SSSR count). The minimum atomic E-state index is -2.05. The summed E-state index contributed by atoms with van der Waals surface area (Å²) in [4.78, 5) is 12.3. The first-order valence-electron chi connectivity index (χ1n) is 10.6. The molecular formula is C24H37NO3Si. The zero-order valence-corrected chi connectivity index (χ0v) is 20.4. The molecule has 0 radical (unpaired) electrons. The third kappa shape index (κ3) is 5.33. The highest BCUT2D eigenvalue weighted by atomic mass is 28.4. The first-order chi connectivity index (χ1) is 13.4. The van der Waals surface area contributed by atoms with Crippen LogP contribution in [0.15, 0.2) is 36.4 Å². The molecule has 0 aromatic heterocycles. The van der Waals surface area contributed by atoms with Gasteiger partial charge < -0.3 is 9.16 Å². The van der Waals surface area contributed by atoms with Gasteiger partial charge in [-0.2, -0.15) is 0 Å². The summed E-state index contributed by atoms with van der Waals surface area (Å²) in [6, 6.07) is 12.0. The highest BCUT2D eigenvalue weighted by molar-refractivity contribution is 6.78. The van der Waals surface area contributed by atoms with Gasteiger partial charge in [0.15, 0.2) is 0 Å². The summed E-state index contributed by atoms with van der Waals surface area (Å²) < 4.78 is 12.3. The van der Waals surface area contributed by atoms with E-state index in [0.717, 1.165) is 22.2 Å². The van der Waals surface area contributed by atoms with Gasteiger partial charge in [-0.1, -0.05) is 59.7 Å². The Morgan fingerprint density at radius 1 is 0.931 bits per heavy atom. The zero-order chi connectivity index (χ0) is 22.0. The van der Waals surface area contributed by atoms with Crippen LogP contribution < -0.4 is 9.74 Å². The van der Waals surface area contributed by atoms with E-state index in [1.165, 1.54) is 0 Å². The predicted octanol–water partition coefficient (Wildman–Crippen LogP) is 7.74. The summed E-state index contributed by atoms with van der Waals surface area (Å²) in [5, 5.41) is 4.90. The van der Waals surface area contributed by atoms with Crippen LogP contribution in [-0.2, 0) is 4.74 Å². The van der Waals surface area contributed by atoms with Crippen LogP contribution >= 0.6 is 0 Å². The molecule has 0 unspecified atom stereocenters. The van der Waals surface area contributed by atoms with E-state index in [0.29, 0.717) is 16.6 Å². The molecule has 1 N–H and O–H groups in total. The van der Waals surface area contributed by atoms with E-state index < -0.39 is 20.0 Å². The second-order valence-electron chi connectivity index (χ2n) is 9.74. The van der Waals surface area contributed by atoms with Crippen LogP contribution in [0.3, 0.4) is 0 Å². The Hall–Kier alpha value is -2.01. The van der Waals surface area contributed by atoms with Crippen molar-refractivity contribution in [3.63, 3.8) is 0 Å². The van der Waals surface area contributed by atoms with Crippen molar-refractivity contribution in [3.8, 4) is 5.75 Å². The highest BCUT2D eigenvalue weighted by Gasteiger charge is 2.47. The molecule has 1 amide bonds. The second-order valence-corrected chi connectivity index (χ2v) is 15.1. The van der Waals surface area contributed by atoms with Crippen molar-refractivity contribution in [1.82, 2.24) is 0 Å². The molecule has 0 aliphatic carbocycles. The maximum absolute atomic E-state index is 12.3. The maximum Gasteiger partial charge on any atom is 0.412 e. The van der Waals surface area contributed by atoms with Gasteiger partial charge in [-0.25, -0.2) is 4.79 Å². The lowest BCUT2D eigenvalue weighted by Gasteiger charge is -2.42. The first kappa shape index (κ1) is 23.3. The van der Waals surface area contributed by atoms with Gasteiger partial charge in [0.05, 0.1) is 5.69 Å². The van der Waals surface area contributed by atoms with Crippen molar-refractivity contribution in [2.45, 2.75) is 84.5 Å². The van der Waals surface area contributed by atoms with Gasteiger partial charge in [0.1, 0.15) is 11.4 Å². The van der Waals surface area contributed by atoms with Crippen molar-refractivity contribution in [3.05, 3.63) is 36.4 Å². The minimum absolute atomic E-state index is 0.452. The molecule has 0 aliphatic rings. The van der Waals surface area contributed by atoms with Gasteiger partial charge in [-0.15, -0.1) is 0 Å². The van der Waals surface area contributed by atoms with Gasteiger partial charge in [0, 0.05) is 5.39 Å². The molecule has 0 fully saturated rings. The maximum atomic E-state index is 12.3. The molecule has 0 saturated heterocycles. The number of hydrogen-bond donors (Lipinski definition) is 1. The monoisotopic (exact) mass is 415 g/mol. The number of fused-ring (bicyclic) bond motifs is 1. The first-order valence-corrected chi connectivity index (χ1v) is 12.7. The van der Waals surface area contributed by atoms with Crippen molar-refractivity contribution in [2.75, 3.05) is 5.32 Å². The van der Waals surface area contributed by atoms with Crippen molar-refractivity contribution in [1.29, 1.82) is 0 Å². The lowest BCUT2D eigenvalue weighted by Crippen LogP contribution is -2.50. The molecule has 2 aromatic rings. The Morgan fingerprint density at radius 3 is 2.03 bits per heavy atom. The highest BCUT2D eigenvalue weighted by Crippen LogP contribution is 2.43. The van der Waals surface area contributed by atoms with E-state index in [4.69, 9.17) is 9.16 Å². The van der Waals surface area contributed by atoms with Crippen molar-refractivity contribution < 1.29 is 14.0 Å². The number of nitrogens with one attached hydrogen (secondary N) is 1. The molecule has 160 valence electrons. The lowest BCUT2D eigenvalue weighted by molar-refractivity contribution is 0.0636. The Morgan fingerprint density at radius 2 is 1.52 bits per heavy atom. The standard InChI is InChI=1S/C24H37NO3Si/c1-16(2)29(17(3)4,18(5)6)28-20-14-13-19-11-10-12-22(21(19)15-20)25-23(26)27-24(7,8)9/h10-18H,1-9H3,(H,25,26). The topological polar surface area (TPSA) is 47.6 Å². The summed E-state index contributed by atoms with van der Waals surface area (Å²) in [5.74, 6) is 0.874. The predicted molar refractivity (Wildman–Crippen MR) is 125 cm³/mol. The van der Waals surface area contributed by atoms with Crippen LogP contribution in [0.25, 0.3) is 10.8 Å². The number of carbonyl (C=O) groups excluding carboxylic acids is 1. The summed E-state index contributed by atoms with van der Waals surface area (Å²) >= 11 is 0. The molecule has 0 saturated carbocycles. The van der Waals surface area contributed by atoms with Crippen molar-refractivity contribution in [2.24, 2.45) is 0 Å². The van der Waals surface area contributed by atoms with Crippen LogP contribution in [0.1, 0.15) is 62.3 Å². The lowest BCUT2D eigenvalue weighted by atomic mass is 10.1. The molecule has 0 aliphatic heterocycles. The molecule has 2 aromatic carbocycles. The van der Waals surface area contributed by atoms with Crippen LogP contribution in [0.5, 0.6) is 5.75 Å². The fourth-order valence-electron chi connectivity index (χ4n) is 4.40. The molecule has 0 heterocycles. The summed E-state index contributed by atoms with van der Waals surface area (Å²) in [5.41, 5.74) is 1.67. The zero-order valence-electron chi connectivity index (χ0n) is 19.4. The third-order valence-corrected chi connectivity index (χ3v) is 11.5. The van der Waals surface area contributed by atoms with Crippen molar-refractivity contribution >= 4 is 30.9 Å². The fraction of sp³-hybridized carbons (Fsp3) is 0.542. The van der Waals surface area contributed by atoms with E-state index >= 15 is 0 Å². The summed E-state index contributed by atoms with van der Waals surface area (Å²) in [6.07, 6.45) is -0.452. The Kier molecular flexibility index (Phi) is 7.04. The number of hydrogen-bond acceptors (Lipinski definition) is 3. The van der Waals surface area contributed by atoms with E-state index in [9.17, 15) is 4.79 Å². The van der Waals surface area contributed by atoms with Gasteiger partial charge in [-0.05, 0) is 61.0 Å². The second kappa shape index (κ2) is 8.78. The fourth-order valence-corrected chi connectivity index (χ4v) is 9.64. The quantitative estimate of drug-likeness (QED) is 0.491. The van der Waals surface area contributed by atoms with Gasteiger partial charge in [-0.3, -0.25) is 5.32 Å². The van der Waals surface area contributed by atoms with E-state index in [-0.39, 0.29) is 0 Å². The third-order valence-electron chi connectivity index (χ3n) is 5.49. The van der Waals surface area contributed by atoms with Crippen LogP contribution in [0.2, 0.25) is 16.6 Å². The molecule has 4 nitrogen and oxygen atoms in total. The van der Waals surface area contributed by atoms with Gasteiger partial charge in [0.2, 0.25) is 0 Å². The molecular weight excluding hydrogens is 378 g/mol. The van der Waals surface area contributed by atoms with Crippen LogP contribution in [-0.4, -0.2) is 20.0 Å². The van der Waals surface area contributed by atoms with Gasteiger partial charge in [0.25, 0.3) is 8.32 Å². The normalized spacial score (nSPS) is 12.7. The largest absolute Gasteiger partial charge is 0.543 e. The number of rotatable bonds is 6. The average molecular weight is 416 g/mol. The SMILES string of the molecule is CC(C)[Si](Oc1ccc2cccc(NC(=O)OC(C)(C)C)c2c1)(C(C)C)C(C)C. The van der Waals surface area contributed by atoms with Crippen LogP contribution in [0.4, 0.5) is 10.5 Å². The Labute approximate surface area is 177 Å². The number of benzene rings is 2.